The van der Waals surface area contributed by atoms with Gasteiger partial charge in [-0.3, -0.25) is 0 Å². The highest BCUT2D eigenvalue weighted by molar-refractivity contribution is 5.49. The Morgan fingerprint density at radius 1 is 1.05 bits per heavy atom. The SMILES string of the molecule is CC(Nc1ccc(-n2cccn2)cc1)c1ccc(F)cc1. The lowest BCUT2D eigenvalue weighted by Crippen LogP contribution is -2.06. The minimum absolute atomic E-state index is 0.112. The van der Waals surface area contributed by atoms with Crippen molar-refractivity contribution in [2.45, 2.75) is 13.0 Å². The second kappa shape index (κ2) is 5.79. The fraction of sp³-hybridized carbons (Fsp3) is 0.118. The second-order valence-corrected chi connectivity index (χ2v) is 4.92. The van der Waals surface area contributed by atoms with Gasteiger partial charge >= 0.3 is 0 Å². The molecule has 0 bridgehead atoms. The average molecular weight is 281 g/mol. The van der Waals surface area contributed by atoms with Gasteiger partial charge in [-0.15, -0.1) is 0 Å². The number of hydrogen-bond donors (Lipinski definition) is 1. The van der Waals surface area contributed by atoms with Crippen LogP contribution in [0.3, 0.4) is 0 Å². The molecular formula is C17H16FN3. The van der Waals surface area contributed by atoms with Crippen molar-refractivity contribution in [3.8, 4) is 5.69 Å². The Labute approximate surface area is 123 Å². The molecule has 106 valence electrons. The molecule has 0 saturated heterocycles. The number of anilines is 1. The summed E-state index contributed by atoms with van der Waals surface area (Å²) in [5.74, 6) is -0.213. The summed E-state index contributed by atoms with van der Waals surface area (Å²) in [6.07, 6.45) is 3.66. The molecule has 21 heavy (non-hydrogen) atoms. The molecule has 0 aliphatic carbocycles. The van der Waals surface area contributed by atoms with Crippen molar-refractivity contribution in [2.24, 2.45) is 0 Å². The van der Waals surface area contributed by atoms with E-state index in [1.54, 1.807) is 18.3 Å². The molecule has 0 amide bonds. The highest BCUT2D eigenvalue weighted by atomic mass is 19.1. The van der Waals surface area contributed by atoms with Crippen LogP contribution < -0.4 is 5.32 Å². The molecule has 0 radical (unpaired) electrons. The molecular weight excluding hydrogens is 265 g/mol. The van der Waals surface area contributed by atoms with E-state index in [9.17, 15) is 4.39 Å². The van der Waals surface area contributed by atoms with Gasteiger partial charge in [-0.25, -0.2) is 9.07 Å². The quantitative estimate of drug-likeness (QED) is 0.777. The first-order valence-corrected chi connectivity index (χ1v) is 6.84. The van der Waals surface area contributed by atoms with E-state index in [0.717, 1.165) is 16.9 Å². The zero-order valence-corrected chi connectivity index (χ0v) is 11.7. The van der Waals surface area contributed by atoms with E-state index in [1.165, 1.54) is 12.1 Å². The largest absolute Gasteiger partial charge is 0.379 e. The van der Waals surface area contributed by atoms with Crippen molar-refractivity contribution in [3.63, 3.8) is 0 Å². The van der Waals surface area contributed by atoms with Gasteiger partial charge in [0.15, 0.2) is 0 Å². The van der Waals surface area contributed by atoms with Crippen LogP contribution in [-0.4, -0.2) is 9.78 Å². The number of hydrogen-bond acceptors (Lipinski definition) is 2. The predicted octanol–water partition coefficient (Wildman–Crippen LogP) is 4.18. The molecule has 3 rings (SSSR count). The molecule has 0 aliphatic heterocycles. The Kier molecular flexibility index (Phi) is 3.69. The van der Waals surface area contributed by atoms with Gasteiger partial charge in [0.05, 0.1) is 5.69 Å². The number of nitrogens with zero attached hydrogens (tertiary/aromatic N) is 2. The summed E-state index contributed by atoms with van der Waals surface area (Å²) < 4.78 is 14.7. The van der Waals surface area contributed by atoms with Crippen LogP contribution in [0.4, 0.5) is 10.1 Å². The molecule has 0 saturated carbocycles. The minimum Gasteiger partial charge on any atom is -0.379 e. The van der Waals surface area contributed by atoms with Crippen LogP contribution in [0.2, 0.25) is 0 Å². The Bertz CT molecular complexity index is 688. The monoisotopic (exact) mass is 281 g/mol. The summed E-state index contributed by atoms with van der Waals surface area (Å²) in [6.45, 7) is 2.05. The maximum atomic E-state index is 12.9. The number of benzene rings is 2. The first-order valence-electron chi connectivity index (χ1n) is 6.84. The average Bonchev–Trinajstić information content (AvgIpc) is 3.03. The Hall–Kier alpha value is -2.62. The fourth-order valence-corrected chi connectivity index (χ4v) is 2.22. The van der Waals surface area contributed by atoms with Gasteiger partial charge < -0.3 is 5.32 Å². The predicted molar refractivity (Wildman–Crippen MR) is 82.0 cm³/mol. The van der Waals surface area contributed by atoms with Crippen LogP contribution >= 0.6 is 0 Å². The van der Waals surface area contributed by atoms with E-state index in [1.807, 2.05) is 41.2 Å². The van der Waals surface area contributed by atoms with Crippen molar-refractivity contribution < 1.29 is 4.39 Å². The molecule has 1 aromatic heterocycles. The molecule has 3 nitrogen and oxygen atoms in total. The van der Waals surface area contributed by atoms with E-state index in [4.69, 9.17) is 0 Å². The van der Waals surface area contributed by atoms with Gasteiger partial charge in [-0.1, -0.05) is 12.1 Å². The molecule has 3 aromatic rings. The lowest BCUT2D eigenvalue weighted by atomic mass is 10.1. The first-order chi connectivity index (χ1) is 10.2. The molecule has 1 unspecified atom stereocenters. The topological polar surface area (TPSA) is 29.9 Å². The van der Waals surface area contributed by atoms with Crippen LogP contribution in [-0.2, 0) is 0 Å². The third-order valence-electron chi connectivity index (χ3n) is 3.39. The second-order valence-electron chi connectivity index (χ2n) is 4.92. The molecule has 1 N–H and O–H groups in total. The maximum Gasteiger partial charge on any atom is 0.123 e. The Morgan fingerprint density at radius 2 is 1.76 bits per heavy atom. The Morgan fingerprint density at radius 3 is 2.38 bits per heavy atom. The normalized spacial score (nSPS) is 12.1. The highest BCUT2D eigenvalue weighted by Crippen LogP contribution is 2.20. The van der Waals surface area contributed by atoms with Gasteiger partial charge in [-0.2, -0.15) is 5.10 Å². The van der Waals surface area contributed by atoms with Gasteiger partial charge in [0.1, 0.15) is 5.82 Å². The van der Waals surface area contributed by atoms with Crippen molar-refractivity contribution >= 4 is 5.69 Å². The lowest BCUT2D eigenvalue weighted by molar-refractivity contribution is 0.626. The molecule has 0 aliphatic rings. The van der Waals surface area contributed by atoms with Crippen molar-refractivity contribution in [3.05, 3.63) is 78.4 Å². The van der Waals surface area contributed by atoms with Crippen molar-refractivity contribution in [2.75, 3.05) is 5.32 Å². The van der Waals surface area contributed by atoms with Crippen LogP contribution in [0.5, 0.6) is 0 Å². The van der Waals surface area contributed by atoms with Crippen LogP contribution in [0, 0.1) is 5.82 Å². The maximum absolute atomic E-state index is 12.9. The summed E-state index contributed by atoms with van der Waals surface area (Å²) in [6, 6.07) is 16.6. The molecule has 2 aromatic carbocycles. The van der Waals surface area contributed by atoms with Crippen molar-refractivity contribution in [1.82, 2.24) is 9.78 Å². The smallest absolute Gasteiger partial charge is 0.123 e. The van der Waals surface area contributed by atoms with E-state index in [2.05, 4.69) is 17.3 Å². The molecule has 0 spiro atoms. The molecule has 0 fully saturated rings. The number of aromatic nitrogens is 2. The van der Waals surface area contributed by atoms with Crippen LogP contribution in [0.25, 0.3) is 5.69 Å². The third-order valence-corrected chi connectivity index (χ3v) is 3.39. The van der Waals surface area contributed by atoms with E-state index < -0.39 is 0 Å². The van der Waals surface area contributed by atoms with E-state index >= 15 is 0 Å². The lowest BCUT2D eigenvalue weighted by Gasteiger charge is -2.16. The van der Waals surface area contributed by atoms with E-state index in [-0.39, 0.29) is 11.9 Å². The number of rotatable bonds is 4. The summed E-state index contributed by atoms with van der Waals surface area (Å²) in [5, 5.41) is 7.59. The summed E-state index contributed by atoms with van der Waals surface area (Å²) in [4.78, 5) is 0. The minimum atomic E-state index is -0.213. The van der Waals surface area contributed by atoms with Crippen molar-refractivity contribution in [1.29, 1.82) is 0 Å². The summed E-state index contributed by atoms with van der Waals surface area (Å²) in [7, 11) is 0. The van der Waals surface area contributed by atoms with Gasteiger partial charge in [0.25, 0.3) is 0 Å². The van der Waals surface area contributed by atoms with Crippen LogP contribution in [0.1, 0.15) is 18.5 Å². The van der Waals surface area contributed by atoms with Crippen LogP contribution in [0.15, 0.2) is 67.0 Å². The third kappa shape index (κ3) is 3.11. The molecule has 4 heteroatoms. The summed E-state index contributed by atoms with van der Waals surface area (Å²) in [5.41, 5.74) is 3.08. The van der Waals surface area contributed by atoms with Gasteiger partial charge in [0, 0.05) is 24.1 Å². The highest BCUT2D eigenvalue weighted by Gasteiger charge is 2.05. The van der Waals surface area contributed by atoms with Gasteiger partial charge in [0.2, 0.25) is 0 Å². The number of halogens is 1. The fourth-order valence-electron chi connectivity index (χ4n) is 2.22. The number of nitrogens with one attached hydrogen (secondary N) is 1. The summed E-state index contributed by atoms with van der Waals surface area (Å²) >= 11 is 0. The zero-order valence-electron chi connectivity index (χ0n) is 11.7. The zero-order chi connectivity index (χ0) is 14.7. The standard InChI is InChI=1S/C17H16FN3/c1-13(14-3-5-15(18)6-4-14)20-16-7-9-17(10-8-16)21-12-2-11-19-21/h2-13,20H,1H3. The Balaban J connectivity index is 1.71. The first kappa shape index (κ1) is 13.4. The van der Waals surface area contributed by atoms with E-state index in [0.29, 0.717) is 0 Å². The molecule has 1 heterocycles. The molecule has 1 atom stereocenters. The van der Waals surface area contributed by atoms with Gasteiger partial charge in [-0.05, 0) is 55.0 Å².